The molecular formula is C8H10OS. The molecule has 0 aliphatic rings. The Morgan fingerprint density at radius 3 is 2.90 bits per heavy atom. The van der Waals surface area contributed by atoms with Gasteiger partial charge in [-0.1, -0.05) is 6.08 Å². The van der Waals surface area contributed by atoms with Crippen molar-refractivity contribution >= 4 is 17.4 Å². The van der Waals surface area contributed by atoms with Gasteiger partial charge in [0.1, 0.15) is 0 Å². The molecule has 1 heterocycles. The maximum atomic E-state index is 8.45. The van der Waals surface area contributed by atoms with Crippen LogP contribution in [-0.4, -0.2) is 11.7 Å². The molecule has 0 saturated carbocycles. The summed E-state index contributed by atoms with van der Waals surface area (Å²) in [5.41, 5.74) is 0. The molecule has 0 spiro atoms. The van der Waals surface area contributed by atoms with Crippen molar-refractivity contribution in [1.82, 2.24) is 0 Å². The number of rotatable bonds is 2. The molecule has 1 rings (SSSR count). The zero-order valence-electron chi connectivity index (χ0n) is 5.87. The monoisotopic (exact) mass is 154 g/mol. The van der Waals surface area contributed by atoms with Gasteiger partial charge in [0.2, 0.25) is 0 Å². The normalized spacial score (nSPS) is 11.0. The van der Waals surface area contributed by atoms with Gasteiger partial charge in [-0.2, -0.15) is 0 Å². The number of aliphatic hydroxyl groups excluding tert-OH is 1. The minimum Gasteiger partial charge on any atom is -0.392 e. The third-order valence-corrected chi connectivity index (χ3v) is 2.11. The molecule has 0 atom stereocenters. The van der Waals surface area contributed by atoms with Crippen LogP contribution >= 0.6 is 11.3 Å². The molecule has 0 radical (unpaired) electrons. The Balaban J connectivity index is 2.67. The summed E-state index contributed by atoms with van der Waals surface area (Å²) in [5, 5.41) is 8.45. The number of aliphatic hydroxyl groups is 1. The predicted octanol–water partition coefficient (Wildman–Crippen LogP) is 2.06. The summed E-state index contributed by atoms with van der Waals surface area (Å²) in [4.78, 5) is 2.50. The number of hydrogen-bond donors (Lipinski definition) is 1. The summed E-state index contributed by atoms with van der Waals surface area (Å²) in [6.45, 7) is 2.19. The summed E-state index contributed by atoms with van der Waals surface area (Å²) >= 11 is 1.73. The van der Waals surface area contributed by atoms with E-state index >= 15 is 0 Å². The summed E-state index contributed by atoms with van der Waals surface area (Å²) in [6.07, 6.45) is 3.67. The lowest BCUT2D eigenvalue weighted by molar-refractivity contribution is 0.343. The molecule has 0 bridgehead atoms. The predicted molar refractivity (Wildman–Crippen MR) is 45.2 cm³/mol. The fourth-order valence-corrected chi connectivity index (χ4v) is 1.52. The van der Waals surface area contributed by atoms with Crippen LogP contribution in [0.5, 0.6) is 0 Å². The van der Waals surface area contributed by atoms with E-state index in [0.717, 1.165) is 0 Å². The van der Waals surface area contributed by atoms with E-state index in [1.807, 2.05) is 12.1 Å². The molecule has 0 amide bonds. The Labute approximate surface area is 64.6 Å². The third-order valence-electron chi connectivity index (χ3n) is 1.15. The zero-order chi connectivity index (χ0) is 7.40. The van der Waals surface area contributed by atoms with Crippen molar-refractivity contribution < 1.29 is 5.11 Å². The van der Waals surface area contributed by atoms with Crippen LogP contribution < -0.4 is 0 Å². The maximum absolute atomic E-state index is 8.45. The van der Waals surface area contributed by atoms with Gasteiger partial charge in [-0.25, -0.2) is 0 Å². The van der Waals surface area contributed by atoms with Crippen LogP contribution in [0.15, 0.2) is 18.2 Å². The summed E-state index contributed by atoms with van der Waals surface area (Å²) in [7, 11) is 0. The molecule has 1 aromatic rings. The van der Waals surface area contributed by atoms with Crippen LogP contribution in [-0.2, 0) is 0 Å². The van der Waals surface area contributed by atoms with Crippen LogP contribution in [0, 0.1) is 6.92 Å². The van der Waals surface area contributed by atoms with Crippen LogP contribution in [0.3, 0.4) is 0 Å². The van der Waals surface area contributed by atoms with Gasteiger partial charge in [-0.15, -0.1) is 11.3 Å². The van der Waals surface area contributed by atoms with Gasteiger partial charge in [0.05, 0.1) is 6.61 Å². The molecule has 1 N–H and O–H groups in total. The molecule has 0 unspecified atom stereocenters. The lowest BCUT2D eigenvalue weighted by Crippen LogP contribution is -1.68. The largest absolute Gasteiger partial charge is 0.392 e. The first-order valence-electron chi connectivity index (χ1n) is 3.17. The van der Waals surface area contributed by atoms with E-state index in [4.69, 9.17) is 5.11 Å². The highest BCUT2D eigenvalue weighted by Crippen LogP contribution is 2.15. The molecule has 0 aliphatic carbocycles. The molecule has 1 nitrogen and oxygen atoms in total. The average molecular weight is 154 g/mol. The van der Waals surface area contributed by atoms with Crippen molar-refractivity contribution in [2.75, 3.05) is 6.61 Å². The second-order valence-electron chi connectivity index (χ2n) is 2.03. The van der Waals surface area contributed by atoms with Crippen LogP contribution in [0.25, 0.3) is 6.08 Å². The van der Waals surface area contributed by atoms with Crippen molar-refractivity contribution in [2.24, 2.45) is 0 Å². The summed E-state index contributed by atoms with van der Waals surface area (Å²) in [5.74, 6) is 0. The lowest BCUT2D eigenvalue weighted by Gasteiger charge is -1.80. The fourth-order valence-electron chi connectivity index (χ4n) is 0.712. The van der Waals surface area contributed by atoms with Crippen molar-refractivity contribution in [3.63, 3.8) is 0 Å². The smallest absolute Gasteiger partial charge is 0.0615 e. The van der Waals surface area contributed by atoms with Crippen molar-refractivity contribution in [3.05, 3.63) is 28.0 Å². The molecule has 2 heteroatoms. The van der Waals surface area contributed by atoms with Gasteiger partial charge >= 0.3 is 0 Å². The van der Waals surface area contributed by atoms with Gasteiger partial charge < -0.3 is 5.11 Å². The highest BCUT2D eigenvalue weighted by Gasteiger charge is 1.88. The van der Waals surface area contributed by atoms with Crippen molar-refractivity contribution in [2.45, 2.75) is 6.92 Å². The molecule has 0 aromatic carbocycles. The van der Waals surface area contributed by atoms with Crippen molar-refractivity contribution in [1.29, 1.82) is 0 Å². The third kappa shape index (κ3) is 1.97. The molecular weight excluding hydrogens is 144 g/mol. The van der Waals surface area contributed by atoms with Gasteiger partial charge in [-0.3, -0.25) is 0 Å². The summed E-state index contributed by atoms with van der Waals surface area (Å²) in [6, 6.07) is 4.12. The Kier molecular flexibility index (Phi) is 2.66. The van der Waals surface area contributed by atoms with E-state index in [2.05, 4.69) is 13.0 Å². The van der Waals surface area contributed by atoms with E-state index in [9.17, 15) is 0 Å². The highest BCUT2D eigenvalue weighted by atomic mass is 32.1. The van der Waals surface area contributed by atoms with Gasteiger partial charge in [-0.05, 0) is 25.1 Å². The first kappa shape index (κ1) is 7.51. The number of aryl methyl sites for hydroxylation is 1. The van der Waals surface area contributed by atoms with Gasteiger partial charge in [0.25, 0.3) is 0 Å². The summed E-state index contributed by atoms with van der Waals surface area (Å²) < 4.78 is 0. The maximum Gasteiger partial charge on any atom is 0.0615 e. The minimum atomic E-state index is 0.122. The van der Waals surface area contributed by atoms with E-state index in [1.165, 1.54) is 9.75 Å². The second kappa shape index (κ2) is 3.54. The van der Waals surface area contributed by atoms with E-state index < -0.39 is 0 Å². The van der Waals surface area contributed by atoms with Crippen LogP contribution in [0.4, 0.5) is 0 Å². The standard InChI is InChI=1S/C8H10OS/c1-7-4-5-8(10-7)3-2-6-9/h2-5,9H,6H2,1H3. The average Bonchev–Trinajstić information content (AvgIpc) is 2.31. The van der Waals surface area contributed by atoms with E-state index in [0.29, 0.717) is 0 Å². The van der Waals surface area contributed by atoms with E-state index in [1.54, 1.807) is 17.4 Å². The van der Waals surface area contributed by atoms with E-state index in [-0.39, 0.29) is 6.61 Å². The molecule has 1 aromatic heterocycles. The minimum absolute atomic E-state index is 0.122. The first-order valence-corrected chi connectivity index (χ1v) is 3.98. The Morgan fingerprint density at radius 2 is 2.40 bits per heavy atom. The Morgan fingerprint density at radius 1 is 1.60 bits per heavy atom. The first-order chi connectivity index (χ1) is 4.83. The fraction of sp³-hybridized carbons (Fsp3) is 0.250. The molecule has 0 saturated heterocycles. The highest BCUT2D eigenvalue weighted by molar-refractivity contribution is 7.12. The zero-order valence-corrected chi connectivity index (χ0v) is 6.69. The van der Waals surface area contributed by atoms with Crippen LogP contribution in [0.2, 0.25) is 0 Å². The molecule has 10 heavy (non-hydrogen) atoms. The Bertz CT molecular complexity index is 225. The lowest BCUT2D eigenvalue weighted by atomic mass is 10.4. The molecule has 0 aliphatic heterocycles. The molecule has 0 fully saturated rings. The number of hydrogen-bond acceptors (Lipinski definition) is 2. The SMILES string of the molecule is Cc1ccc(C=CCO)s1. The number of thiophene rings is 1. The topological polar surface area (TPSA) is 20.2 Å². The second-order valence-corrected chi connectivity index (χ2v) is 3.35. The quantitative estimate of drug-likeness (QED) is 0.691. The van der Waals surface area contributed by atoms with Crippen molar-refractivity contribution in [3.8, 4) is 0 Å². The van der Waals surface area contributed by atoms with Crippen LogP contribution in [0.1, 0.15) is 9.75 Å². The van der Waals surface area contributed by atoms with Gasteiger partial charge in [0, 0.05) is 9.75 Å². The molecule has 54 valence electrons. The van der Waals surface area contributed by atoms with Gasteiger partial charge in [0.15, 0.2) is 0 Å². The Hall–Kier alpha value is -0.600.